The normalized spacial score (nSPS) is 17.2. The molecule has 1 fully saturated rings. The van der Waals surface area contributed by atoms with Gasteiger partial charge in [-0.3, -0.25) is 4.99 Å². The average molecular weight is 380 g/mol. The van der Waals surface area contributed by atoms with Gasteiger partial charge in [0.05, 0.1) is 0 Å². The number of halogens is 1. The van der Waals surface area contributed by atoms with Crippen LogP contribution in [0.25, 0.3) is 0 Å². The molecule has 2 rings (SSSR count). The molecule has 0 unspecified atom stereocenters. The van der Waals surface area contributed by atoms with E-state index in [2.05, 4.69) is 47.1 Å². The molecular weight excluding hydrogens is 346 g/mol. The number of hydrogen-bond donors (Lipinski definition) is 1. The molecule has 0 aliphatic carbocycles. The van der Waals surface area contributed by atoms with Crippen LogP contribution < -0.4 is 5.32 Å². The van der Waals surface area contributed by atoms with Crippen molar-refractivity contribution in [1.29, 1.82) is 0 Å². The second-order valence-corrected chi connectivity index (χ2v) is 7.44. The summed E-state index contributed by atoms with van der Waals surface area (Å²) < 4.78 is 0. The van der Waals surface area contributed by atoms with Gasteiger partial charge in [-0.1, -0.05) is 29.8 Å². The lowest BCUT2D eigenvalue weighted by Crippen LogP contribution is -2.38. The van der Waals surface area contributed by atoms with Crippen molar-refractivity contribution in [2.75, 3.05) is 59.9 Å². The van der Waals surface area contributed by atoms with Crippen LogP contribution in [-0.4, -0.2) is 80.6 Å². The number of nitrogens with one attached hydrogen (secondary N) is 1. The zero-order chi connectivity index (χ0) is 18.8. The van der Waals surface area contributed by atoms with E-state index in [1.165, 1.54) is 32.6 Å². The van der Waals surface area contributed by atoms with Gasteiger partial charge in [0.1, 0.15) is 0 Å². The Bertz CT molecular complexity index is 563. The topological polar surface area (TPSA) is 34.1 Å². The molecule has 1 N–H and O–H groups in total. The van der Waals surface area contributed by atoms with Crippen molar-refractivity contribution >= 4 is 17.6 Å². The number of hydrogen-bond acceptors (Lipinski definition) is 3. The SMILES string of the molecule is CCNC(=NCCCN1CCCN(C)CC1)N(C)Cc1ccccc1Cl. The molecular formula is C20H34ClN5. The summed E-state index contributed by atoms with van der Waals surface area (Å²) in [5.41, 5.74) is 1.12. The molecule has 6 heteroatoms. The largest absolute Gasteiger partial charge is 0.357 e. The summed E-state index contributed by atoms with van der Waals surface area (Å²) in [6.45, 7) is 10.5. The van der Waals surface area contributed by atoms with Crippen LogP contribution in [0.4, 0.5) is 0 Å². The first-order valence-corrected chi connectivity index (χ1v) is 10.1. The molecule has 0 spiro atoms. The van der Waals surface area contributed by atoms with Gasteiger partial charge in [-0.05, 0) is 58.1 Å². The summed E-state index contributed by atoms with van der Waals surface area (Å²) in [4.78, 5) is 11.9. The Balaban J connectivity index is 1.82. The number of benzene rings is 1. The lowest BCUT2D eigenvalue weighted by Gasteiger charge is -2.23. The molecule has 0 amide bonds. The van der Waals surface area contributed by atoms with Crippen LogP contribution in [0.3, 0.4) is 0 Å². The van der Waals surface area contributed by atoms with Gasteiger partial charge in [-0.15, -0.1) is 0 Å². The van der Waals surface area contributed by atoms with Crippen LogP contribution in [0.2, 0.25) is 5.02 Å². The average Bonchev–Trinajstić information content (AvgIpc) is 2.84. The van der Waals surface area contributed by atoms with Crippen LogP contribution in [0.5, 0.6) is 0 Å². The first-order valence-electron chi connectivity index (χ1n) is 9.74. The smallest absolute Gasteiger partial charge is 0.193 e. The van der Waals surface area contributed by atoms with E-state index >= 15 is 0 Å². The van der Waals surface area contributed by atoms with E-state index in [9.17, 15) is 0 Å². The first kappa shape index (κ1) is 21.0. The molecule has 1 aliphatic rings. The molecule has 1 aliphatic heterocycles. The maximum atomic E-state index is 6.29. The van der Waals surface area contributed by atoms with Crippen molar-refractivity contribution in [3.05, 3.63) is 34.9 Å². The summed E-state index contributed by atoms with van der Waals surface area (Å²) in [7, 11) is 4.28. The fraction of sp³-hybridized carbons (Fsp3) is 0.650. The molecule has 1 aromatic carbocycles. The monoisotopic (exact) mass is 379 g/mol. The van der Waals surface area contributed by atoms with Crippen molar-refractivity contribution in [3.63, 3.8) is 0 Å². The summed E-state index contributed by atoms with van der Waals surface area (Å²) in [6.07, 6.45) is 2.36. The lowest BCUT2D eigenvalue weighted by atomic mass is 10.2. The highest BCUT2D eigenvalue weighted by atomic mass is 35.5. The Morgan fingerprint density at radius 2 is 2.04 bits per heavy atom. The van der Waals surface area contributed by atoms with Gasteiger partial charge in [0, 0.05) is 44.8 Å². The van der Waals surface area contributed by atoms with Crippen molar-refractivity contribution in [1.82, 2.24) is 20.0 Å². The highest BCUT2D eigenvalue weighted by Crippen LogP contribution is 2.16. The van der Waals surface area contributed by atoms with E-state index in [0.717, 1.165) is 49.1 Å². The predicted octanol–water partition coefficient (Wildman–Crippen LogP) is 2.76. The van der Waals surface area contributed by atoms with E-state index in [0.29, 0.717) is 0 Å². The third kappa shape index (κ3) is 7.14. The Kier molecular flexibility index (Phi) is 9.23. The zero-order valence-electron chi connectivity index (χ0n) is 16.5. The fourth-order valence-electron chi connectivity index (χ4n) is 3.23. The minimum atomic E-state index is 0.754. The lowest BCUT2D eigenvalue weighted by molar-refractivity contribution is 0.275. The molecule has 1 aromatic rings. The molecule has 1 heterocycles. The third-order valence-corrected chi connectivity index (χ3v) is 5.14. The van der Waals surface area contributed by atoms with E-state index in [1.54, 1.807) is 0 Å². The van der Waals surface area contributed by atoms with E-state index in [-0.39, 0.29) is 0 Å². The van der Waals surface area contributed by atoms with Crippen LogP contribution in [-0.2, 0) is 6.54 Å². The summed E-state index contributed by atoms with van der Waals surface area (Å²) in [5.74, 6) is 0.947. The minimum Gasteiger partial charge on any atom is -0.357 e. The van der Waals surface area contributed by atoms with E-state index in [1.807, 2.05) is 18.2 Å². The molecule has 146 valence electrons. The van der Waals surface area contributed by atoms with Gasteiger partial charge in [0.25, 0.3) is 0 Å². The second kappa shape index (κ2) is 11.4. The maximum absolute atomic E-state index is 6.29. The maximum Gasteiger partial charge on any atom is 0.193 e. The van der Waals surface area contributed by atoms with Crippen LogP contribution in [0.1, 0.15) is 25.3 Å². The van der Waals surface area contributed by atoms with Crippen LogP contribution in [0, 0.1) is 0 Å². The van der Waals surface area contributed by atoms with Gasteiger partial charge >= 0.3 is 0 Å². The van der Waals surface area contributed by atoms with Crippen LogP contribution in [0.15, 0.2) is 29.3 Å². The molecule has 0 saturated carbocycles. The van der Waals surface area contributed by atoms with Gasteiger partial charge in [-0.2, -0.15) is 0 Å². The molecule has 0 atom stereocenters. The Morgan fingerprint density at radius 3 is 2.81 bits per heavy atom. The van der Waals surface area contributed by atoms with Crippen molar-refractivity contribution in [3.8, 4) is 0 Å². The first-order chi connectivity index (χ1) is 12.6. The quantitative estimate of drug-likeness (QED) is 0.448. The number of guanidine groups is 1. The van der Waals surface area contributed by atoms with Gasteiger partial charge in [0.2, 0.25) is 0 Å². The zero-order valence-corrected chi connectivity index (χ0v) is 17.3. The Morgan fingerprint density at radius 1 is 1.23 bits per heavy atom. The van der Waals surface area contributed by atoms with Crippen molar-refractivity contribution in [2.24, 2.45) is 4.99 Å². The molecule has 1 saturated heterocycles. The molecule has 0 radical (unpaired) electrons. The molecule has 0 aromatic heterocycles. The number of nitrogens with zero attached hydrogens (tertiary/aromatic N) is 4. The number of rotatable bonds is 7. The van der Waals surface area contributed by atoms with E-state index in [4.69, 9.17) is 16.6 Å². The van der Waals surface area contributed by atoms with Gasteiger partial charge < -0.3 is 20.0 Å². The predicted molar refractivity (Wildman–Crippen MR) is 112 cm³/mol. The Hall–Kier alpha value is -1.30. The van der Waals surface area contributed by atoms with Gasteiger partial charge in [-0.25, -0.2) is 0 Å². The summed E-state index contributed by atoms with van der Waals surface area (Å²) in [5, 5.41) is 4.20. The molecule has 5 nitrogen and oxygen atoms in total. The third-order valence-electron chi connectivity index (χ3n) is 4.77. The fourth-order valence-corrected chi connectivity index (χ4v) is 3.43. The second-order valence-electron chi connectivity index (χ2n) is 7.04. The number of aliphatic imine (C=N–C) groups is 1. The highest BCUT2D eigenvalue weighted by Gasteiger charge is 2.12. The highest BCUT2D eigenvalue weighted by molar-refractivity contribution is 6.31. The number of likely N-dealkylation sites (N-methyl/N-ethyl adjacent to an activating group) is 1. The standard InChI is InChI=1S/C20H34ClN5/c1-4-22-20(25(3)17-18-9-5-6-10-19(18)21)23-11-7-13-26-14-8-12-24(2)15-16-26/h5-6,9-10H,4,7-8,11-17H2,1-3H3,(H,22,23). The van der Waals surface area contributed by atoms with Crippen molar-refractivity contribution < 1.29 is 0 Å². The van der Waals surface area contributed by atoms with Crippen LogP contribution >= 0.6 is 11.6 Å². The summed E-state index contributed by atoms with van der Waals surface area (Å²) >= 11 is 6.29. The Labute approximate surface area is 164 Å². The van der Waals surface area contributed by atoms with Crippen molar-refractivity contribution in [2.45, 2.75) is 26.3 Å². The molecule has 26 heavy (non-hydrogen) atoms. The molecule has 0 bridgehead atoms. The van der Waals surface area contributed by atoms with E-state index < -0.39 is 0 Å². The van der Waals surface area contributed by atoms with Gasteiger partial charge in [0.15, 0.2) is 5.96 Å². The summed E-state index contributed by atoms with van der Waals surface area (Å²) in [6, 6.07) is 8.00. The minimum absolute atomic E-state index is 0.754.